The zero-order chi connectivity index (χ0) is 15.4. The van der Waals surface area contributed by atoms with Gasteiger partial charge in [-0.25, -0.2) is 4.98 Å². The van der Waals surface area contributed by atoms with Gasteiger partial charge < -0.3 is 10.2 Å². The van der Waals surface area contributed by atoms with Crippen molar-refractivity contribution in [2.75, 3.05) is 11.9 Å². The van der Waals surface area contributed by atoms with E-state index in [4.69, 9.17) is 11.6 Å². The van der Waals surface area contributed by atoms with Gasteiger partial charge in [0, 0.05) is 31.9 Å². The van der Waals surface area contributed by atoms with Crippen LogP contribution in [0.25, 0.3) is 0 Å². The fourth-order valence-electron chi connectivity index (χ4n) is 3.08. The summed E-state index contributed by atoms with van der Waals surface area (Å²) in [6.07, 6.45) is 7.09. The second kappa shape index (κ2) is 7.46. The van der Waals surface area contributed by atoms with Gasteiger partial charge in [0.05, 0.1) is 5.02 Å². The second-order valence-corrected chi connectivity index (χ2v) is 7.13. The van der Waals surface area contributed by atoms with Crippen LogP contribution >= 0.6 is 11.6 Å². The number of pyridine rings is 1. The van der Waals surface area contributed by atoms with Gasteiger partial charge in [0.25, 0.3) is 0 Å². The van der Waals surface area contributed by atoms with Gasteiger partial charge in [0.2, 0.25) is 0 Å². The van der Waals surface area contributed by atoms with Crippen LogP contribution in [0.5, 0.6) is 0 Å². The average molecular weight is 310 g/mol. The third-order valence-corrected chi connectivity index (χ3v) is 4.66. The molecular weight excluding hydrogens is 282 g/mol. The molecule has 0 saturated heterocycles. The molecule has 1 N–H and O–H groups in total. The van der Waals surface area contributed by atoms with Gasteiger partial charge in [0.15, 0.2) is 0 Å². The molecule has 0 aliphatic heterocycles. The normalized spacial score (nSPS) is 22.6. The summed E-state index contributed by atoms with van der Waals surface area (Å²) in [5.74, 6) is 1.73. The summed E-state index contributed by atoms with van der Waals surface area (Å²) < 4.78 is 0. The van der Waals surface area contributed by atoms with Crippen molar-refractivity contribution in [3.05, 3.63) is 22.8 Å². The van der Waals surface area contributed by atoms with Crippen molar-refractivity contribution in [2.45, 2.75) is 65.1 Å². The molecule has 1 saturated carbocycles. The Morgan fingerprint density at radius 2 is 2.19 bits per heavy atom. The largest absolute Gasteiger partial charge is 0.355 e. The molecule has 0 aromatic carbocycles. The Bertz CT molecular complexity index is 461. The maximum Gasteiger partial charge on any atom is 0.147 e. The Morgan fingerprint density at radius 3 is 2.81 bits per heavy atom. The minimum atomic E-state index is 0.467. The van der Waals surface area contributed by atoms with E-state index in [1.54, 1.807) is 0 Å². The van der Waals surface area contributed by atoms with Crippen molar-refractivity contribution in [2.24, 2.45) is 5.92 Å². The van der Waals surface area contributed by atoms with Crippen molar-refractivity contribution in [3.63, 3.8) is 0 Å². The number of nitrogens with one attached hydrogen (secondary N) is 1. The van der Waals surface area contributed by atoms with Crippen molar-refractivity contribution in [3.8, 4) is 0 Å². The molecular formula is C17H28ClN3. The second-order valence-electron chi connectivity index (χ2n) is 6.72. The maximum absolute atomic E-state index is 6.46. The van der Waals surface area contributed by atoms with Gasteiger partial charge in [-0.1, -0.05) is 45.2 Å². The predicted octanol–water partition coefficient (Wildman–Crippen LogP) is 4.25. The number of anilines is 1. The standard InChI is InChI=1S/C17H28ClN3/c1-12(2)19-10-14-9-16(18)17(20-11-14)21(4)15-7-5-6-13(3)8-15/h9,11-13,15,19H,5-8,10H2,1-4H3. The third kappa shape index (κ3) is 4.58. The van der Waals surface area contributed by atoms with E-state index in [2.05, 4.69) is 43.0 Å². The summed E-state index contributed by atoms with van der Waals surface area (Å²) in [5.41, 5.74) is 1.14. The topological polar surface area (TPSA) is 28.2 Å². The van der Waals surface area contributed by atoms with Crippen molar-refractivity contribution >= 4 is 17.4 Å². The van der Waals surface area contributed by atoms with E-state index in [9.17, 15) is 0 Å². The number of nitrogens with zero attached hydrogens (tertiary/aromatic N) is 2. The first-order valence-corrected chi connectivity index (χ1v) is 8.45. The van der Waals surface area contributed by atoms with Crippen LogP contribution in [0, 0.1) is 5.92 Å². The van der Waals surface area contributed by atoms with E-state index in [-0.39, 0.29) is 0 Å². The summed E-state index contributed by atoms with van der Waals surface area (Å²) in [6, 6.07) is 3.08. The van der Waals surface area contributed by atoms with Crippen LogP contribution in [-0.4, -0.2) is 24.1 Å². The Hall–Kier alpha value is -0.800. The summed E-state index contributed by atoms with van der Waals surface area (Å²) in [5, 5.41) is 4.16. The van der Waals surface area contributed by atoms with Gasteiger partial charge in [-0.15, -0.1) is 0 Å². The number of halogens is 1. The highest BCUT2D eigenvalue weighted by Crippen LogP contribution is 2.32. The molecule has 1 aromatic heterocycles. The lowest BCUT2D eigenvalue weighted by Crippen LogP contribution is -2.36. The van der Waals surface area contributed by atoms with Gasteiger partial charge >= 0.3 is 0 Å². The predicted molar refractivity (Wildman–Crippen MR) is 91.0 cm³/mol. The maximum atomic E-state index is 6.46. The summed E-state index contributed by atoms with van der Waals surface area (Å²) >= 11 is 6.46. The molecule has 2 atom stereocenters. The highest BCUT2D eigenvalue weighted by molar-refractivity contribution is 6.33. The average Bonchev–Trinajstić information content (AvgIpc) is 2.44. The van der Waals surface area contributed by atoms with Crippen LogP contribution in [0.15, 0.2) is 12.3 Å². The van der Waals surface area contributed by atoms with E-state index >= 15 is 0 Å². The smallest absolute Gasteiger partial charge is 0.147 e. The van der Waals surface area contributed by atoms with Gasteiger partial charge in [-0.05, 0) is 30.4 Å². The zero-order valence-corrected chi connectivity index (χ0v) is 14.5. The number of rotatable bonds is 5. The summed E-state index contributed by atoms with van der Waals surface area (Å²) in [4.78, 5) is 6.89. The van der Waals surface area contributed by atoms with Gasteiger partial charge in [-0.2, -0.15) is 0 Å². The number of hydrogen-bond donors (Lipinski definition) is 1. The van der Waals surface area contributed by atoms with Crippen LogP contribution < -0.4 is 10.2 Å². The monoisotopic (exact) mass is 309 g/mol. The lowest BCUT2D eigenvalue weighted by Gasteiger charge is -2.35. The Morgan fingerprint density at radius 1 is 1.43 bits per heavy atom. The molecule has 0 amide bonds. The number of hydrogen-bond acceptors (Lipinski definition) is 3. The van der Waals surface area contributed by atoms with Crippen molar-refractivity contribution in [1.29, 1.82) is 0 Å². The Balaban J connectivity index is 2.05. The van der Waals surface area contributed by atoms with Crippen LogP contribution in [0.1, 0.15) is 52.0 Å². The van der Waals surface area contributed by atoms with Crippen molar-refractivity contribution < 1.29 is 0 Å². The van der Waals surface area contributed by atoms with E-state index < -0.39 is 0 Å². The highest BCUT2D eigenvalue weighted by Gasteiger charge is 2.24. The van der Waals surface area contributed by atoms with E-state index in [0.717, 1.165) is 28.9 Å². The Kier molecular flexibility index (Phi) is 5.88. The lowest BCUT2D eigenvalue weighted by molar-refractivity contribution is 0.335. The zero-order valence-electron chi connectivity index (χ0n) is 13.7. The fraction of sp³-hybridized carbons (Fsp3) is 0.706. The van der Waals surface area contributed by atoms with Crippen molar-refractivity contribution in [1.82, 2.24) is 10.3 Å². The summed E-state index contributed by atoms with van der Waals surface area (Å²) in [7, 11) is 2.13. The van der Waals surface area contributed by atoms with E-state index in [1.807, 2.05) is 12.3 Å². The first-order chi connectivity index (χ1) is 9.97. The Labute approximate surface area is 134 Å². The van der Waals surface area contributed by atoms with Crippen LogP contribution in [-0.2, 0) is 6.54 Å². The minimum Gasteiger partial charge on any atom is -0.355 e. The van der Waals surface area contributed by atoms with Gasteiger partial charge in [-0.3, -0.25) is 0 Å². The fourth-order valence-corrected chi connectivity index (χ4v) is 3.40. The van der Waals surface area contributed by atoms with Crippen LogP contribution in [0.3, 0.4) is 0 Å². The van der Waals surface area contributed by atoms with Gasteiger partial charge in [0.1, 0.15) is 5.82 Å². The molecule has 1 fully saturated rings. The molecule has 0 radical (unpaired) electrons. The summed E-state index contributed by atoms with van der Waals surface area (Å²) in [6.45, 7) is 7.44. The minimum absolute atomic E-state index is 0.467. The number of aromatic nitrogens is 1. The molecule has 1 aliphatic rings. The molecule has 1 heterocycles. The van der Waals surface area contributed by atoms with E-state index in [0.29, 0.717) is 12.1 Å². The van der Waals surface area contributed by atoms with Crippen LogP contribution in [0.4, 0.5) is 5.82 Å². The quantitative estimate of drug-likeness (QED) is 0.881. The van der Waals surface area contributed by atoms with Crippen LogP contribution in [0.2, 0.25) is 5.02 Å². The molecule has 2 unspecified atom stereocenters. The van der Waals surface area contributed by atoms with E-state index in [1.165, 1.54) is 25.7 Å². The molecule has 118 valence electrons. The molecule has 3 nitrogen and oxygen atoms in total. The molecule has 21 heavy (non-hydrogen) atoms. The first-order valence-electron chi connectivity index (χ1n) is 8.08. The molecule has 2 rings (SSSR count). The third-order valence-electron chi connectivity index (χ3n) is 4.38. The molecule has 1 aliphatic carbocycles. The molecule has 1 aromatic rings. The molecule has 0 spiro atoms. The first kappa shape index (κ1) is 16.6. The molecule has 0 bridgehead atoms. The molecule has 4 heteroatoms. The lowest BCUT2D eigenvalue weighted by atomic mass is 9.86. The SMILES string of the molecule is CC1CCCC(N(C)c2ncc(CNC(C)C)cc2Cl)C1. The highest BCUT2D eigenvalue weighted by atomic mass is 35.5.